The number of carbonyl (C=O) groups excluding carboxylic acids is 2. The second-order valence-electron chi connectivity index (χ2n) is 3.89. The summed E-state index contributed by atoms with van der Waals surface area (Å²) in [5, 5.41) is 14.0. The van der Waals surface area contributed by atoms with Crippen molar-refractivity contribution in [2.45, 2.75) is 19.8 Å². The maximum Gasteiger partial charge on any atom is 0.316 e. The van der Waals surface area contributed by atoms with E-state index in [0.717, 1.165) is 6.42 Å². The van der Waals surface area contributed by atoms with E-state index in [1.165, 1.54) is 4.90 Å². The van der Waals surface area contributed by atoms with Gasteiger partial charge in [-0.15, -0.1) is 0 Å². The molecule has 96 valence electrons. The molecule has 0 aromatic carbocycles. The number of amides is 3. The Bertz CT molecular complexity index is 296. The molecule has 6 nitrogen and oxygen atoms in total. The Morgan fingerprint density at radius 3 is 2.35 bits per heavy atom. The van der Waals surface area contributed by atoms with E-state index in [-0.39, 0.29) is 11.9 Å². The molecule has 1 atom stereocenters. The van der Waals surface area contributed by atoms with Gasteiger partial charge in [-0.1, -0.05) is 13.3 Å². The summed E-state index contributed by atoms with van der Waals surface area (Å²) >= 11 is 0. The Hall–Kier alpha value is -1.77. The number of carbonyl (C=O) groups is 2. The highest BCUT2D eigenvalue weighted by molar-refractivity contribution is 5.81. The third kappa shape index (κ3) is 6.40. The van der Waals surface area contributed by atoms with Gasteiger partial charge in [-0.05, 0) is 6.42 Å². The van der Waals surface area contributed by atoms with E-state index in [1.807, 2.05) is 13.0 Å². The molecule has 0 rings (SSSR count). The highest BCUT2D eigenvalue weighted by Crippen LogP contribution is 2.03. The Kier molecular flexibility index (Phi) is 7.52. The van der Waals surface area contributed by atoms with Gasteiger partial charge in [0.15, 0.2) is 0 Å². The average Bonchev–Trinajstić information content (AvgIpc) is 2.30. The number of rotatable bonds is 6. The van der Waals surface area contributed by atoms with Crippen molar-refractivity contribution in [1.82, 2.24) is 15.5 Å². The minimum Gasteiger partial charge on any atom is -0.353 e. The molecule has 0 aromatic heterocycles. The first-order valence-electron chi connectivity index (χ1n) is 5.65. The van der Waals surface area contributed by atoms with Crippen molar-refractivity contribution in [2.24, 2.45) is 5.92 Å². The van der Waals surface area contributed by atoms with Gasteiger partial charge in [0.05, 0.1) is 6.07 Å². The Morgan fingerprint density at radius 1 is 1.29 bits per heavy atom. The minimum atomic E-state index is -0.593. The molecule has 6 heteroatoms. The lowest BCUT2D eigenvalue weighted by Gasteiger charge is -2.13. The molecule has 0 aliphatic rings. The molecule has 3 amide bonds. The standard InChI is InChI=1S/C11H20N4O2/c1-4-5-9(8-12)10(16)13-6-7-14-11(17)15(2)3/h9H,4-7H2,1-3H3,(H,13,16)(H,14,17). The smallest absolute Gasteiger partial charge is 0.316 e. The van der Waals surface area contributed by atoms with E-state index < -0.39 is 5.92 Å². The first-order valence-corrected chi connectivity index (χ1v) is 5.65. The third-order valence-corrected chi connectivity index (χ3v) is 2.16. The molecule has 0 fully saturated rings. The number of hydrogen-bond donors (Lipinski definition) is 2. The SMILES string of the molecule is CCCC(C#N)C(=O)NCCNC(=O)N(C)C. The van der Waals surface area contributed by atoms with Gasteiger partial charge in [-0.2, -0.15) is 5.26 Å². The summed E-state index contributed by atoms with van der Waals surface area (Å²) in [6.07, 6.45) is 1.36. The molecular formula is C11H20N4O2. The topological polar surface area (TPSA) is 85.2 Å². The number of nitriles is 1. The molecule has 0 aliphatic carbocycles. The van der Waals surface area contributed by atoms with Crippen LogP contribution in [0, 0.1) is 17.2 Å². The van der Waals surface area contributed by atoms with Crippen LogP contribution in [0.15, 0.2) is 0 Å². The third-order valence-electron chi connectivity index (χ3n) is 2.16. The fourth-order valence-corrected chi connectivity index (χ4v) is 1.18. The molecule has 1 unspecified atom stereocenters. The van der Waals surface area contributed by atoms with E-state index in [9.17, 15) is 9.59 Å². The van der Waals surface area contributed by atoms with Gasteiger partial charge in [0, 0.05) is 27.2 Å². The van der Waals surface area contributed by atoms with Gasteiger partial charge in [0.25, 0.3) is 0 Å². The summed E-state index contributed by atoms with van der Waals surface area (Å²) in [7, 11) is 3.28. The van der Waals surface area contributed by atoms with E-state index >= 15 is 0 Å². The van der Waals surface area contributed by atoms with Crippen LogP contribution in [0.1, 0.15) is 19.8 Å². The number of nitrogens with one attached hydrogen (secondary N) is 2. The van der Waals surface area contributed by atoms with Crippen LogP contribution in [-0.2, 0) is 4.79 Å². The van der Waals surface area contributed by atoms with Gasteiger partial charge in [-0.25, -0.2) is 4.79 Å². The lowest BCUT2D eigenvalue weighted by atomic mass is 10.1. The van der Waals surface area contributed by atoms with E-state index in [1.54, 1.807) is 14.1 Å². The molecule has 0 spiro atoms. The van der Waals surface area contributed by atoms with Gasteiger partial charge >= 0.3 is 6.03 Å². The van der Waals surface area contributed by atoms with Gasteiger partial charge in [-0.3, -0.25) is 4.79 Å². The molecule has 0 heterocycles. The van der Waals surface area contributed by atoms with Crippen LogP contribution < -0.4 is 10.6 Å². The van der Waals surface area contributed by atoms with E-state index in [4.69, 9.17) is 5.26 Å². The normalized spacial score (nSPS) is 11.2. The van der Waals surface area contributed by atoms with Crippen LogP contribution in [0.25, 0.3) is 0 Å². The molecule has 0 saturated heterocycles. The second-order valence-corrected chi connectivity index (χ2v) is 3.89. The molecule has 0 bridgehead atoms. The van der Waals surface area contributed by atoms with Crippen LogP contribution in [0.3, 0.4) is 0 Å². The molecule has 0 saturated carbocycles. The molecule has 0 aromatic rings. The van der Waals surface area contributed by atoms with Crippen molar-refractivity contribution >= 4 is 11.9 Å². The van der Waals surface area contributed by atoms with Crippen LogP contribution in [0.2, 0.25) is 0 Å². The van der Waals surface area contributed by atoms with Crippen molar-refractivity contribution in [2.75, 3.05) is 27.2 Å². The predicted octanol–water partition coefficient (Wildman–Crippen LogP) is 0.314. The largest absolute Gasteiger partial charge is 0.353 e. The fourth-order valence-electron chi connectivity index (χ4n) is 1.18. The monoisotopic (exact) mass is 240 g/mol. The number of urea groups is 1. The zero-order chi connectivity index (χ0) is 13.3. The summed E-state index contributed by atoms with van der Waals surface area (Å²) in [6.45, 7) is 2.61. The first-order chi connectivity index (χ1) is 8.02. The minimum absolute atomic E-state index is 0.204. The summed E-state index contributed by atoms with van der Waals surface area (Å²) in [5.41, 5.74) is 0. The fraction of sp³-hybridized carbons (Fsp3) is 0.727. The molecule has 17 heavy (non-hydrogen) atoms. The van der Waals surface area contributed by atoms with Crippen molar-refractivity contribution in [3.05, 3.63) is 0 Å². The zero-order valence-corrected chi connectivity index (χ0v) is 10.6. The predicted molar refractivity (Wildman–Crippen MR) is 64.1 cm³/mol. The van der Waals surface area contributed by atoms with Crippen LogP contribution in [0.5, 0.6) is 0 Å². The lowest BCUT2D eigenvalue weighted by molar-refractivity contribution is -0.123. The average molecular weight is 240 g/mol. The van der Waals surface area contributed by atoms with Crippen molar-refractivity contribution in [3.8, 4) is 6.07 Å². The highest BCUT2D eigenvalue weighted by Gasteiger charge is 2.15. The molecule has 0 radical (unpaired) electrons. The van der Waals surface area contributed by atoms with E-state index in [2.05, 4.69) is 10.6 Å². The molecule has 2 N–H and O–H groups in total. The summed E-state index contributed by atoms with van der Waals surface area (Å²) in [4.78, 5) is 24.0. The van der Waals surface area contributed by atoms with Crippen molar-refractivity contribution in [3.63, 3.8) is 0 Å². The maximum atomic E-state index is 11.5. The zero-order valence-electron chi connectivity index (χ0n) is 10.6. The van der Waals surface area contributed by atoms with Crippen LogP contribution in [0.4, 0.5) is 4.79 Å². The van der Waals surface area contributed by atoms with E-state index in [0.29, 0.717) is 19.5 Å². The summed E-state index contributed by atoms with van der Waals surface area (Å²) in [5.74, 6) is -0.863. The molecule has 0 aliphatic heterocycles. The number of hydrogen-bond acceptors (Lipinski definition) is 3. The Morgan fingerprint density at radius 2 is 1.88 bits per heavy atom. The van der Waals surface area contributed by atoms with Gasteiger partial charge in [0.1, 0.15) is 5.92 Å². The Labute approximate surface area is 102 Å². The summed E-state index contributed by atoms with van der Waals surface area (Å²) < 4.78 is 0. The lowest BCUT2D eigenvalue weighted by Crippen LogP contribution is -2.40. The maximum absolute atomic E-state index is 11.5. The summed E-state index contributed by atoms with van der Waals surface area (Å²) in [6, 6.07) is 1.76. The second kappa shape index (κ2) is 8.39. The first kappa shape index (κ1) is 15.2. The van der Waals surface area contributed by atoms with Crippen LogP contribution in [-0.4, -0.2) is 44.0 Å². The van der Waals surface area contributed by atoms with Crippen molar-refractivity contribution < 1.29 is 9.59 Å². The van der Waals surface area contributed by atoms with Gasteiger partial charge in [0.2, 0.25) is 5.91 Å². The van der Waals surface area contributed by atoms with Gasteiger partial charge < -0.3 is 15.5 Å². The van der Waals surface area contributed by atoms with Crippen molar-refractivity contribution in [1.29, 1.82) is 5.26 Å². The quantitative estimate of drug-likeness (QED) is 0.655. The highest BCUT2D eigenvalue weighted by atomic mass is 16.2. The van der Waals surface area contributed by atoms with Crippen LogP contribution >= 0.6 is 0 Å². The Balaban J connectivity index is 3.78. The molecular weight excluding hydrogens is 220 g/mol. The number of nitrogens with zero attached hydrogens (tertiary/aromatic N) is 2.